The first-order chi connectivity index (χ1) is 18.3. The number of alkyl carbamates (subject to hydrolysis) is 1. The van der Waals surface area contributed by atoms with E-state index in [1.165, 1.54) is 0 Å². The molecule has 1 aliphatic heterocycles. The number of nitrogens with zero attached hydrogens (tertiary/aromatic N) is 4. The van der Waals surface area contributed by atoms with Crippen molar-refractivity contribution >= 4 is 34.3 Å². The monoisotopic (exact) mass is 512 g/mol. The van der Waals surface area contributed by atoms with Gasteiger partial charge in [-0.2, -0.15) is 5.10 Å². The summed E-state index contributed by atoms with van der Waals surface area (Å²) in [5.41, 5.74) is 2.24. The van der Waals surface area contributed by atoms with Gasteiger partial charge in [-0.1, -0.05) is 36.4 Å². The first kappa shape index (κ1) is 25.3. The summed E-state index contributed by atoms with van der Waals surface area (Å²) in [7, 11) is 0. The minimum atomic E-state index is -0.550. The Morgan fingerprint density at radius 2 is 1.79 bits per heavy atom. The second-order valence-electron chi connectivity index (χ2n) is 10.4. The molecule has 5 rings (SSSR count). The molecule has 9 nitrogen and oxygen atoms in total. The molecule has 2 N–H and O–H groups in total. The molecule has 1 atom stereocenters. The van der Waals surface area contributed by atoms with Crippen LogP contribution in [0.3, 0.4) is 0 Å². The molecule has 3 heterocycles. The number of hydrogen-bond donors (Lipinski definition) is 2. The molecule has 2 amide bonds. The van der Waals surface area contributed by atoms with Crippen LogP contribution in [-0.2, 0) is 4.74 Å². The van der Waals surface area contributed by atoms with Crippen LogP contribution in [0.2, 0.25) is 0 Å². The fraction of sp³-hybridized carbons (Fsp3) is 0.310. The second kappa shape index (κ2) is 10.5. The minimum absolute atomic E-state index is 0.0513. The predicted octanol–water partition coefficient (Wildman–Crippen LogP) is 5.17. The van der Waals surface area contributed by atoms with Crippen molar-refractivity contribution in [1.82, 2.24) is 20.1 Å². The molecule has 1 fully saturated rings. The summed E-state index contributed by atoms with van der Waals surface area (Å²) in [4.78, 5) is 32.4. The third kappa shape index (κ3) is 5.77. The molecule has 0 bridgehead atoms. The normalized spacial score (nSPS) is 15.8. The molecule has 0 radical (unpaired) electrons. The summed E-state index contributed by atoms with van der Waals surface area (Å²) in [6, 6.07) is 20.8. The smallest absolute Gasteiger partial charge is 0.407 e. The van der Waals surface area contributed by atoms with E-state index in [4.69, 9.17) is 4.74 Å². The molecule has 196 valence electrons. The second-order valence-corrected chi connectivity index (χ2v) is 10.4. The molecule has 2 aromatic carbocycles. The zero-order valence-electron chi connectivity index (χ0n) is 21.8. The Morgan fingerprint density at radius 1 is 1.00 bits per heavy atom. The topological polar surface area (TPSA) is 101 Å². The molecule has 0 aliphatic carbocycles. The summed E-state index contributed by atoms with van der Waals surface area (Å²) in [6.07, 6.45) is 3.14. The molecule has 38 heavy (non-hydrogen) atoms. The lowest BCUT2D eigenvalue weighted by Crippen LogP contribution is -2.49. The van der Waals surface area contributed by atoms with Gasteiger partial charge in [-0.3, -0.25) is 4.79 Å². The molecule has 0 unspecified atom stereocenters. The molecular formula is C29H32N6O3. The van der Waals surface area contributed by atoms with Gasteiger partial charge in [0.25, 0.3) is 5.91 Å². The average Bonchev–Trinajstić information content (AvgIpc) is 3.32. The van der Waals surface area contributed by atoms with Crippen LogP contribution >= 0.6 is 0 Å². The Balaban J connectivity index is 1.31. The molecule has 1 saturated heterocycles. The largest absolute Gasteiger partial charge is 0.444 e. The Bertz CT molecular complexity index is 1460. The number of ether oxygens (including phenoxy) is 1. The van der Waals surface area contributed by atoms with Gasteiger partial charge in [-0.25, -0.2) is 14.5 Å². The third-order valence-electron chi connectivity index (χ3n) is 6.30. The maximum atomic E-state index is 13.3. The van der Waals surface area contributed by atoms with E-state index in [0.717, 1.165) is 36.0 Å². The lowest BCUT2D eigenvalue weighted by Gasteiger charge is -2.36. The van der Waals surface area contributed by atoms with E-state index in [0.29, 0.717) is 23.7 Å². The molecule has 0 spiro atoms. The lowest BCUT2D eigenvalue weighted by atomic mass is 10.0. The minimum Gasteiger partial charge on any atom is -0.444 e. The molecule has 1 aliphatic rings. The van der Waals surface area contributed by atoms with Crippen molar-refractivity contribution in [3.05, 3.63) is 78.6 Å². The van der Waals surface area contributed by atoms with Crippen LogP contribution in [0.15, 0.2) is 72.9 Å². The number of amides is 2. The van der Waals surface area contributed by atoms with E-state index in [2.05, 4.69) is 25.6 Å². The number of benzene rings is 2. The van der Waals surface area contributed by atoms with Crippen LogP contribution in [0.4, 0.5) is 16.2 Å². The molecular weight excluding hydrogens is 480 g/mol. The van der Waals surface area contributed by atoms with Gasteiger partial charge in [0.1, 0.15) is 11.3 Å². The first-order valence-electron chi connectivity index (χ1n) is 12.8. The predicted molar refractivity (Wildman–Crippen MR) is 148 cm³/mol. The summed E-state index contributed by atoms with van der Waals surface area (Å²) >= 11 is 0. The van der Waals surface area contributed by atoms with Crippen LogP contribution < -0.4 is 15.5 Å². The van der Waals surface area contributed by atoms with Crippen LogP contribution in [0.5, 0.6) is 0 Å². The quantitative estimate of drug-likeness (QED) is 0.383. The summed E-state index contributed by atoms with van der Waals surface area (Å²) in [6.45, 7) is 6.98. The van der Waals surface area contributed by atoms with Crippen LogP contribution in [0.25, 0.3) is 16.7 Å². The summed E-state index contributed by atoms with van der Waals surface area (Å²) in [5, 5.41) is 11.5. The number of hydrogen-bond acceptors (Lipinski definition) is 6. The van der Waals surface area contributed by atoms with Crippen molar-refractivity contribution in [1.29, 1.82) is 0 Å². The highest BCUT2D eigenvalue weighted by molar-refractivity contribution is 6.04. The fourth-order valence-electron chi connectivity index (χ4n) is 4.65. The van der Waals surface area contributed by atoms with Gasteiger partial charge >= 0.3 is 6.09 Å². The van der Waals surface area contributed by atoms with Crippen molar-refractivity contribution in [3.63, 3.8) is 0 Å². The van der Waals surface area contributed by atoms with Crippen molar-refractivity contribution in [3.8, 4) is 5.82 Å². The number of fused-ring (bicyclic) bond motifs is 1. The first-order valence-corrected chi connectivity index (χ1v) is 12.8. The highest BCUT2D eigenvalue weighted by Gasteiger charge is 2.26. The standard InChI is InChI=1S/C29H32N6O3/c1-29(2,3)38-28(37)31-21-11-9-17-34(19-21)25-15-7-5-12-22(25)33-27(36)23-13-8-16-26(32-23)35-24-14-6-4-10-20(24)18-30-35/h4-8,10,12-16,18,21H,9,11,17,19H2,1-3H3,(H,31,37)(H,33,36)/t21-/m1/s1. The Hall–Kier alpha value is -4.40. The average molecular weight is 513 g/mol. The molecule has 4 aromatic rings. The Kier molecular flexibility index (Phi) is 7.00. The van der Waals surface area contributed by atoms with Crippen molar-refractivity contribution in [2.75, 3.05) is 23.3 Å². The highest BCUT2D eigenvalue weighted by Crippen LogP contribution is 2.29. The van der Waals surface area contributed by atoms with E-state index < -0.39 is 11.7 Å². The maximum Gasteiger partial charge on any atom is 0.407 e. The maximum absolute atomic E-state index is 13.3. The van der Waals surface area contributed by atoms with E-state index in [1.807, 2.05) is 75.4 Å². The number of nitrogens with one attached hydrogen (secondary N) is 2. The number of piperidine rings is 1. The zero-order valence-corrected chi connectivity index (χ0v) is 21.8. The summed E-state index contributed by atoms with van der Waals surface area (Å²) in [5.74, 6) is 0.260. The molecule has 2 aromatic heterocycles. The van der Waals surface area contributed by atoms with Crippen LogP contribution in [0.1, 0.15) is 44.1 Å². The van der Waals surface area contributed by atoms with Crippen molar-refractivity contribution in [2.45, 2.75) is 45.3 Å². The fourth-order valence-corrected chi connectivity index (χ4v) is 4.65. The number of rotatable bonds is 5. The Labute approximate surface area is 221 Å². The van der Waals surface area contributed by atoms with Crippen LogP contribution in [0, 0.1) is 0 Å². The van der Waals surface area contributed by atoms with Gasteiger partial charge < -0.3 is 20.3 Å². The van der Waals surface area contributed by atoms with Gasteiger partial charge in [0.2, 0.25) is 0 Å². The van der Waals surface area contributed by atoms with Gasteiger partial charge in [-0.15, -0.1) is 0 Å². The van der Waals surface area contributed by atoms with Gasteiger partial charge in [0, 0.05) is 24.5 Å². The van der Waals surface area contributed by atoms with E-state index in [9.17, 15) is 9.59 Å². The van der Waals surface area contributed by atoms with Gasteiger partial charge in [0.05, 0.1) is 23.1 Å². The van der Waals surface area contributed by atoms with E-state index >= 15 is 0 Å². The third-order valence-corrected chi connectivity index (χ3v) is 6.30. The summed E-state index contributed by atoms with van der Waals surface area (Å²) < 4.78 is 7.16. The molecule has 9 heteroatoms. The SMILES string of the molecule is CC(C)(C)OC(=O)N[C@@H]1CCCN(c2ccccc2NC(=O)c2cccc(-n3ncc4ccccc43)n2)C1. The number of para-hydroxylation sites is 3. The van der Waals surface area contributed by atoms with E-state index in [1.54, 1.807) is 23.0 Å². The lowest BCUT2D eigenvalue weighted by molar-refractivity contribution is 0.0500. The highest BCUT2D eigenvalue weighted by atomic mass is 16.6. The van der Waals surface area contributed by atoms with E-state index in [-0.39, 0.29) is 11.9 Å². The Morgan fingerprint density at radius 3 is 2.63 bits per heavy atom. The number of aromatic nitrogens is 3. The number of carbonyl (C=O) groups is 2. The van der Waals surface area contributed by atoms with Crippen LogP contribution in [-0.4, -0.2) is 51.5 Å². The van der Waals surface area contributed by atoms with Gasteiger partial charge in [0.15, 0.2) is 5.82 Å². The van der Waals surface area contributed by atoms with Crippen molar-refractivity contribution < 1.29 is 14.3 Å². The number of anilines is 2. The zero-order chi connectivity index (χ0) is 26.7. The number of carbonyl (C=O) groups excluding carboxylic acids is 2. The number of pyridine rings is 1. The molecule has 0 saturated carbocycles. The van der Waals surface area contributed by atoms with Crippen molar-refractivity contribution in [2.24, 2.45) is 0 Å². The van der Waals surface area contributed by atoms with Gasteiger partial charge in [-0.05, 0) is 63.9 Å².